The second kappa shape index (κ2) is 9.06. The molecule has 0 unspecified atom stereocenters. The van der Waals surface area contributed by atoms with Crippen LogP contribution in [-0.4, -0.2) is 47.8 Å². The van der Waals surface area contributed by atoms with Gasteiger partial charge in [0.05, 0.1) is 4.88 Å². The van der Waals surface area contributed by atoms with Gasteiger partial charge in [-0.1, -0.05) is 38.1 Å². The lowest BCUT2D eigenvalue weighted by molar-refractivity contribution is -0.135. The first-order valence-corrected chi connectivity index (χ1v) is 11.2. The second-order valence-electron chi connectivity index (χ2n) is 7.90. The lowest BCUT2D eigenvalue weighted by Gasteiger charge is -2.35. The molecule has 2 heterocycles. The maximum atomic E-state index is 14.7. The Labute approximate surface area is 185 Å². The number of thiophene rings is 1. The smallest absolute Gasteiger partial charge is 0.264 e. The van der Waals surface area contributed by atoms with Gasteiger partial charge >= 0.3 is 0 Å². The number of carbonyl (C=O) groups excluding carboxylic acids is 2. The average molecular weight is 441 g/mol. The first-order valence-electron chi connectivity index (χ1n) is 10.4. The predicted octanol–water partition coefficient (Wildman–Crippen LogP) is 4.56. The first-order chi connectivity index (χ1) is 15.0. The minimum Gasteiger partial charge on any atom is -0.489 e. The molecular weight excluding hydrogens is 415 g/mol. The third-order valence-electron chi connectivity index (χ3n) is 5.46. The molecule has 2 aromatic carbocycles. The van der Waals surface area contributed by atoms with Crippen LogP contribution in [0, 0.1) is 11.7 Å². The van der Waals surface area contributed by atoms with Gasteiger partial charge in [-0.3, -0.25) is 9.59 Å². The summed E-state index contributed by atoms with van der Waals surface area (Å²) in [5, 5.41) is 0.445. The lowest BCUT2D eigenvalue weighted by atomic mass is 10.1. The van der Waals surface area contributed by atoms with E-state index in [2.05, 4.69) is 0 Å². The molecule has 1 aliphatic heterocycles. The topological polar surface area (TPSA) is 49.9 Å². The number of benzene rings is 2. The molecular formula is C24H25FN2O3S. The zero-order valence-corrected chi connectivity index (χ0v) is 18.5. The zero-order chi connectivity index (χ0) is 22.0. The summed E-state index contributed by atoms with van der Waals surface area (Å²) in [6, 6.07) is 14.2. The number of hydrogen-bond donors (Lipinski definition) is 0. The molecule has 2 amide bonds. The summed E-state index contributed by atoms with van der Waals surface area (Å²) in [6.07, 6.45) is 0. The van der Waals surface area contributed by atoms with E-state index >= 15 is 0 Å². The number of ether oxygens (including phenoxy) is 1. The molecule has 0 spiro atoms. The Balaban J connectivity index is 1.59. The van der Waals surface area contributed by atoms with Crippen LogP contribution in [0.3, 0.4) is 0 Å². The number of hydrogen-bond acceptors (Lipinski definition) is 4. The van der Waals surface area contributed by atoms with E-state index in [0.29, 0.717) is 47.8 Å². The summed E-state index contributed by atoms with van der Waals surface area (Å²) in [5.41, 5.74) is 0.577. The molecule has 1 fully saturated rings. The second-order valence-corrected chi connectivity index (χ2v) is 8.95. The fourth-order valence-corrected chi connectivity index (χ4v) is 4.98. The highest BCUT2D eigenvalue weighted by Crippen LogP contribution is 2.35. The largest absolute Gasteiger partial charge is 0.489 e. The molecule has 0 atom stereocenters. The van der Waals surface area contributed by atoms with Crippen molar-refractivity contribution in [2.75, 3.05) is 26.2 Å². The van der Waals surface area contributed by atoms with Crippen molar-refractivity contribution in [1.29, 1.82) is 0 Å². The Morgan fingerprint density at radius 3 is 2.35 bits per heavy atom. The van der Waals surface area contributed by atoms with E-state index in [1.165, 1.54) is 17.4 Å². The van der Waals surface area contributed by atoms with Crippen LogP contribution in [0.25, 0.3) is 10.1 Å². The normalized spacial score (nSPS) is 14.3. The number of para-hydroxylation sites is 1. The molecule has 0 N–H and O–H groups in total. The van der Waals surface area contributed by atoms with Crippen LogP contribution in [0.4, 0.5) is 4.39 Å². The maximum Gasteiger partial charge on any atom is 0.264 e. The van der Waals surface area contributed by atoms with E-state index in [1.807, 2.05) is 50.2 Å². The molecule has 5 nitrogen and oxygen atoms in total. The standard InChI is InChI=1S/C24H25FN2O3S/c1-16(2)23(28)26-11-13-27(14-12-26)24(29)22-18(15-30-17-7-4-3-5-8-17)21-19(25)9-6-10-20(21)31-22/h3-10,16H,11-15H2,1-2H3. The molecule has 1 aliphatic rings. The Hall–Kier alpha value is -2.93. The van der Waals surface area contributed by atoms with Gasteiger partial charge in [-0.2, -0.15) is 0 Å². The molecule has 162 valence electrons. The van der Waals surface area contributed by atoms with Crippen LogP contribution in [0.15, 0.2) is 48.5 Å². The van der Waals surface area contributed by atoms with Crippen molar-refractivity contribution in [2.24, 2.45) is 5.92 Å². The van der Waals surface area contributed by atoms with Gasteiger partial charge in [0.25, 0.3) is 5.91 Å². The average Bonchev–Trinajstić information content (AvgIpc) is 3.17. The molecule has 0 bridgehead atoms. The summed E-state index contributed by atoms with van der Waals surface area (Å²) in [4.78, 5) is 29.7. The third-order valence-corrected chi connectivity index (χ3v) is 6.64. The van der Waals surface area contributed by atoms with Crippen molar-refractivity contribution < 1.29 is 18.7 Å². The summed E-state index contributed by atoms with van der Waals surface area (Å²) in [5.74, 6) is 0.218. The van der Waals surface area contributed by atoms with Gasteiger partial charge in [0.1, 0.15) is 18.2 Å². The minimum absolute atomic E-state index is 0.0606. The molecule has 1 aromatic heterocycles. The van der Waals surface area contributed by atoms with Crippen molar-refractivity contribution in [2.45, 2.75) is 20.5 Å². The Morgan fingerprint density at radius 1 is 1.00 bits per heavy atom. The molecule has 0 aliphatic carbocycles. The van der Waals surface area contributed by atoms with Crippen molar-refractivity contribution >= 4 is 33.2 Å². The van der Waals surface area contributed by atoms with Gasteiger partial charge in [-0.05, 0) is 24.3 Å². The van der Waals surface area contributed by atoms with Crippen LogP contribution in [-0.2, 0) is 11.4 Å². The van der Waals surface area contributed by atoms with Gasteiger partial charge in [0.2, 0.25) is 5.91 Å². The highest BCUT2D eigenvalue weighted by molar-refractivity contribution is 7.21. The van der Waals surface area contributed by atoms with Gasteiger partial charge in [-0.15, -0.1) is 11.3 Å². The van der Waals surface area contributed by atoms with Crippen molar-refractivity contribution in [3.05, 3.63) is 64.8 Å². The van der Waals surface area contributed by atoms with Crippen LogP contribution < -0.4 is 4.74 Å². The first kappa shape index (κ1) is 21.3. The third kappa shape index (κ3) is 4.42. The summed E-state index contributed by atoms with van der Waals surface area (Å²) in [6.45, 7) is 5.82. The van der Waals surface area contributed by atoms with Gasteiger partial charge < -0.3 is 14.5 Å². The number of rotatable bonds is 5. The van der Waals surface area contributed by atoms with E-state index in [9.17, 15) is 14.0 Å². The van der Waals surface area contributed by atoms with Gasteiger partial charge in [-0.25, -0.2) is 4.39 Å². The fraction of sp³-hybridized carbons (Fsp3) is 0.333. The molecule has 7 heteroatoms. The van der Waals surface area contributed by atoms with Crippen LogP contribution in [0.2, 0.25) is 0 Å². The van der Waals surface area contributed by atoms with Crippen molar-refractivity contribution in [3.8, 4) is 5.75 Å². The van der Waals surface area contributed by atoms with Crippen LogP contribution in [0.1, 0.15) is 29.1 Å². The number of nitrogens with zero attached hydrogens (tertiary/aromatic N) is 2. The maximum absolute atomic E-state index is 14.7. The summed E-state index contributed by atoms with van der Waals surface area (Å²) < 4.78 is 21.3. The van der Waals surface area contributed by atoms with Crippen molar-refractivity contribution in [1.82, 2.24) is 9.80 Å². The van der Waals surface area contributed by atoms with Gasteiger partial charge in [0.15, 0.2) is 0 Å². The fourth-order valence-electron chi connectivity index (χ4n) is 3.79. The van der Waals surface area contributed by atoms with Crippen LogP contribution >= 0.6 is 11.3 Å². The Bertz CT molecular complexity index is 1090. The molecule has 1 saturated heterocycles. The molecule has 4 rings (SSSR count). The number of carbonyl (C=O) groups is 2. The lowest BCUT2D eigenvalue weighted by Crippen LogP contribution is -2.51. The van der Waals surface area contributed by atoms with E-state index in [0.717, 1.165) is 4.70 Å². The number of piperazine rings is 1. The number of halogens is 1. The Morgan fingerprint density at radius 2 is 1.68 bits per heavy atom. The van der Waals surface area contributed by atoms with E-state index in [4.69, 9.17) is 4.74 Å². The minimum atomic E-state index is -0.355. The van der Waals surface area contributed by atoms with Crippen LogP contribution in [0.5, 0.6) is 5.75 Å². The zero-order valence-electron chi connectivity index (χ0n) is 17.6. The molecule has 0 radical (unpaired) electrons. The van der Waals surface area contributed by atoms with E-state index in [-0.39, 0.29) is 30.2 Å². The predicted molar refractivity (Wildman–Crippen MR) is 120 cm³/mol. The molecule has 31 heavy (non-hydrogen) atoms. The Kier molecular flexibility index (Phi) is 6.23. The SMILES string of the molecule is CC(C)C(=O)N1CCN(C(=O)c2sc3cccc(F)c3c2COc2ccccc2)CC1. The number of fused-ring (bicyclic) bond motifs is 1. The quantitative estimate of drug-likeness (QED) is 0.584. The van der Waals surface area contributed by atoms with E-state index < -0.39 is 0 Å². The highest BCUT2D eigenvalue weighted by Gasteiger charge is 2.29. The van der Waals surface area contributed by atoms with E-state index in [1.54, 1.807) is 15.9 Å². The summed E-state index contributed by atoms with van der Waals surface area (Å²) in [7, 11) is 0. The number of amides is 2. The summed E-state index contributed by atoms with van der Waals surface area (Å²) >= 11 is 1.30. The van der Waals surface area contributed by atoms with Crippen molar-refractivity contribution in [3.63, 3.8) is 0 Å². The molecule has 3 aromatic rings. The molecule has 0 saturated carbocycles. The monoisotopic (exact) mass is 440 g/mol. The highest BCUT2D eigenvalue weighted by atomic mass is 32.1. The van der Waals surface area contributed by atoms with Gasteiger partial charge in [0, 0.05) is 47.7 Å².